The van der Waals surface area contributed by atoms with Gasteiger partial charge in [-0.05, 0) is 29.6 Å². The van der Waals surface area contributed by atoms with E-state index in [0.717, 1.165) is 0 Å². The lowest BCUT2D eigenvalue weighted by Crippen LogP contribution is -2.52. The molecule has 0 nitrogen and oxygen atoms in total. The van der Waals surface area contributed by atoms with E-state index in [0.29, 0.717) is 0 Å². The second-order valence-corrected chi connectivity index (χ2v) is 6.21. The van der Waals surface area contributed by atoms with Gasteiger partial charge in [-0.3, -0.25) is 4.39 Å². The van der Waals surface area contributed by atoms with Crippen LogP contribution >= 0.6 is 0 Å². The van der Waals surface area contributed by atoms with Crippen LogP contribution in [-0.2, 0) is 0 Å². The molecule has 1 fully saturated rings. The Morgan fingerprint density at radius 3 is 1.65 bits per heavy atom. The normalized spacial score (nSPS) is 43.4. The zero-order valence-corrected chi connectivity index (χ0v) is 11.5. The van der Waals surface area contributed by atoms with Crippen LogP contribution < -0.4 is 0 Å². The maximum absolute atomic E-state index is 14.2. The van der Waals surface area contributed by atoms with Gasteiger partial charge < -0.3 is 0 Å². The predicted molar refractivity (Wildman–Crippen MR) is 65.1 cm³/mol. The summed E-state index contributed by atoms with van der Waals surface area (Å²) in [6, 6.07) is 0. The van der Waals surface area contributed by atoms with Crippen molar-refractivity contribution in [2.45, 2.75) is 47.0 Å². The standard InChI is InChI=1S/C14H25F3/c1-7(2)11-9(5)10(6-15)12(8(3)4)14(17)13(11)16/h7-14H,6H2,1-5H3. The molecule has 0 spiro atoms. The Bertz CT molecular complexity index is 240. The first kappa shape index (κ1) is 14.8. The van der Waals surface area contributed by atoms with Gasteiger partial charge >= 0.3 is 0 Å². The number of rotatable bonds is 3. The van der Waals surface area contributed by atoms with Gasteiger partial charge in [-0.1, -0.05) is 34.6 Å². The number of hydrogen-bond donors (Lipinski definition) is 0. The van der Waals surface area contributed by atoms with Crippen LogP contribution in [0.15, 0.2) is 0 Å². The molecule has 0 aliphatic heterocycles. The third-order valence-corrected chi connectivity index (χ3v) is 4.53. The first-order valence-electron chi connectivity index (χ1n) is 6.67. The average Bonchev–Trinajstić information content (AvgIpc) is 2.22. The summed E-state index contributed by atoms with van der Waals surface area (Å²) in [4.78, 5) is 0. The van der Waals surface area contributed by atoms with Crippen LogP contribution in [-0.4, -0.2) is 19.0 Å². The first-order valence-corrected chi connectivity index (χ1v) is 6.67. The van der Waals surface area contributed by atoms with Gasteiger partial charge in [-0.25, -0.2) is 8.78 Å². The molecule has 0 N–H and O–H groups in total. The minimum atomic E-state index is -1.51. The highest BCUT2D eigenvalue weighted by Crippen LogP contribution is 2.47. The van der Waals surface area contributed by atoms with E-state index >= 15 is 0 Å². The van der Waals surface area contributed by atoms with Crippen LogP contribution in [0.5, 0.6) is 0 Å². The molecule has 0 heterocycles. The SMILES string of the molecule is CC(C)C1C(C)C(CF)C(C(C)C)C(F)C1F. The second-order valence-electron chi connectivity index (χ2n) is 6.21. The van der Waals surface area contributed by atoms with Crippen LogP contribution in [0, 0.1) is 35.5 Å². The fourth-order valence-electron chi connectivity index (χ4n) is 3.67. The largest absolute Gasteiger partial charge is 0.251 e. The van der Waals surface area contributed by atoms with E-state index in [2.05, 4.69) is 0 Å². The van der Waals surface area contributed by atoms with Crippen molar-refractivity contribution in [3.05, 3.63) is 0 Å². The molecule has 6 unspecified atom stereocenters. The molecule has 1 rings (SSSR count). The molecule has 0 bridgehead atoms. The van der Waals surface area contributed by atoms with E-state index in [1.54, 1.807) is 0 Å². The summed E-state index contributed by atoms with van der Waals surface area (Å²) in [5.74, 6) is -1.24. The summed E-state index contributed by atoms with van der Waals surface area (Å²) >= 11 is 0. The topological polar surface area (TPSA) is 0 Å². The van der Waals surface area contributed by atoms with E-state index in [1.165, 1.54) is 0 Å². The number of halogens is 3. The first-order chi connectivity index (χ1) is 7.82. The zero-order valence-electron chi connectivity index (χ0n) is 11.5. The predicted octanol–water partition coefficient (Wildman–Crippen LogP) is 4.44. The van der Waals surface area contributed by atoms with Crippen molar-refractivity contribution in [2.75, 3.05) is 6.67 Å². The minimum absolute atomic E-state index is 0.0143. The molecule has 0 aromatic carbocycles. The van der Waals surface area contributed by atoms with Crippen molar-refractivity contribution in [3.63, 3.8) is 0 Å². The van der Waals surface area contributed by atoms with Gasteiger partial charge in [0.25, 0.3) is 0 Å². The molecule has 0 aromatic rings. The lowest BCUT2D eigenvalue weighted by molar-refractivity contribution is -0.0858. The second kappa shape index (κ2) is 5.62. The Kier molecular flexibility index (Phi) is 4.91. The van der Waals surface area contributed by atoms with E-state index in [9.17, 15) is 13.2 Å². The van der Waals surface area contributed by atoms with Gasteiger partial charge in [0.15, 0.2) is 0 Å². The van der Waals surface area contributed by atoms with Crippen LogP contribution in [0.4, 0.5) is 13.2 Å². The Balaban J connectivity index is 3.01. The Morgan fingerprint density at radius 1 is 0.882 bits per heavy atom. The lowest BCUT2D eigenvalue weighted by Gasteiger charge is -2.47. The molecular formula is C14H25F3. The van der Waals surface area contributed by atoms with Gasteiger partial charge in [0.2, 0.25) is 0 Å². The molecule has 102 valence electrons. The molecule has 3 heteroatoms. The Hall–Kier alpha value is -0.210. The van der Waals surface area contributed by atoms with Crippen molar-refractivity contribution >= 4 is 0 Å². The fraction of sp³-hybridized carbons (Fsp3) is 1.00. The van der Waals surface area contributed by atoms with Crippen LogP contribution in [0.3, 0.4) is 0 Å². The summed E-state index contributed by atoms with van der Waals surface area (Å²) in [7, 11) is 0. The molecule has 0 aromatic heterocycles. The molecule has 6 atom stereocenters. The smallest absolute Gasteiger partial charge is 0.135 e. The quantitative estimate of drug-likeness (QED) is 0.694. The molecule has 1 saturated carbocycles. The minimum Gasteiger partial charge on any atom is -0.251 e. The van der Waals surface area contributed by atoms with Crippen LogP contribution in [0.1, 0.15) is 34.6 Å². The van der Waals surface area contributed by atoms with E-state index in [1.807, 2.05) is 34.6 Å². The summed E-state index contributed by atoms with van der Waals surface area (Å²) in [6.45, 7) is 8.84. The molecular weight excluding hydrogens is 225 g/mol. The highest BCUT2D eigenvalue weighted by Gasteiger charge is 2.51. The number of hydrogen-bond acceptors (Lipinski definition) is 0. The van der Waals surface area contributed by atoms with Gasteiger partial charge in [0, 0.05) is 5.92 Å². The van der Waals surface area contributed by atoms with E-state index in [4.69, 9.17) is 0 Å². The Labute approximate surface area is 103 Å². The molecule has 0 saturated heterocycles. The highest BCUT2D eigenvalue weighted by atomic mass is 19.2. The van der Waals surface area contributed by atoms with Crippen LogP contribution in [0.2, 0.25) is 0 Å². The third kappa shape index (κ3) is 2.63. The van der Waals surface area contributed by atoms with Crippen molar-refractivity contribution in [1.82, 2.24) is 0 Å². The molecule has 17 heavy (non-hydrogen) atoms. The molecule has 1 aliphatic rings. The van der Waals surface area contributed by atoms with Crippen molar-refractivity contribution in [1.29, 1.82) is 0 Å². The van der Waals surface area contributed by atoms with E-state index < -0.39 is 24.9 Å². The van der Waals surface area contributed by atoms with Crippen molar-refractivity contribution in [3.8, 4) is 0 Å². The van der Waals surface area contributed by atoms with Gasteiger partial charge in [-0.15, -0.1) is 0 Å². The fourth-order valence-corrected chi connectivity index (χ4v) is 3.67. The zero-order chi connectivity index (χ0) is 13.3. The van der Waals surface area contributed by atoms with Crippen molar-refractivity contribution in [2.24, 2.45) is 35.5 Å². The average molecular weight is 250 g/mol. The molecule has 1 aliphatic carbocycles. The summed E-state index contributed by atoms with van der Waals surface area (Å²) in [6.07, 6.45) is -2.96. The van der Waals surface area contributed by atoms with Gasteiger partial charge in [0.05, 0.1) is 6.67 Å². The lowest BCUT2D eigenvalue weighted by atomic mass is 9.60. The van der Waals surface area contributed by atoms with E-state index in [-0.39, 0.29) is 29.6 Å². The summed E-state index contributed by atoms with van der Waals surface area (Å²) in [5, 5.41) is 0. The van der Waals surface area contributed by atoms with Gasteiger partial charge in [-0.2, -0.15) is 0 Å². The summed E-state index contributed by atoms with van der Waals surface area (Å²) in [5.41, 5.74) is 0. The Morgan fingerprint density at radius 2 is 1.29 bits per heavy atom. The summed E-state index contributed by atoms with van der Waals surface area (Å²) < 4.78 is 41.5. The monoisotopic (exact) mass is 250 g/mol. The molecule has 0 amide bonds. The van der Waals surface area contributed by atoms with Crippen molar-refractivity contribution < 1.29 is 13.2 Å². The van der Waals surface area contributed by atoms with Gasteiger partial charge in [0.1, 0.15) is 12.3 Å². The number of alkyl halides is 3. The van der Waals surface area contributed by atoms with Crippen LogP contribution in [0.25, 0.3) is 0 Å². The maximum atomic E-state index is 14.2. The maximum Gasteiger partial charge on any atom is 0.135 e. The highest BCUT2D eigenvalue weighted by molar-refractivity contribution is 4.98. The molecule has 0 radical (unpaired) electrons. The third-order valence-electron chi connectivity index (χ3n) is 4.53.